The fourth-order valence-electron chi connectivity index (χ4n) is 2.17. The van der Waals surface area contributed by atoms with Gasteiger partial charge in [-0.3, -0.25) is 0 Å². The highest BCUT2D eigenvalue weighted by Crippen LogP contribution is 2.28. The number of benzene rings is 2. The Bertz CT molecular complexity index is 764. The molecule has 0 aliphatic carbocycles. The topological polar surface area (TPSA) is 48.9 Å². The van der Waals surface area contributed by atoms with Gasteiger partial charge in [-0.25, -0.2) is 4.98 Å². The Balaban J connectivity index is 1.90. The van der Waals surface area contributed by atoms with E-state index in [0.29, 0.717) is 0 Å². The molecule has 3 nitrogen and oxygen atoms in total. The van der Waals surface area contributed by atoms with Gasteiger partial charge in [0.15, 0.2) is 5.16 Å². The molecule has 102 valence electrons. The molecule has 0 saturated heterocycles. The Morgan fingerprint density at radius 2 is 2.00 bits per heavy atom. The van der Waals surface area contributed by atoms with Crippen molar-refractivity contribution >= 4 is 22.8 Å². The minimum Gasteiger partial charge on any atom is -0.392 e. The highest BCUT2D eigenvalue weighted by Gasteiger charge is 2.06. The number of aromatic amines is 1. The van der Waals surface area contributed by atoms with E-state index >= 15 is 0 Å². The van der Waals surface area contributed by atoms with Gasteiger partial charge in [0, 0.05) is 4.90 Å². The first kappa shape index (κ1) is 13.2. The summed E-state index contributed by atoms with van der Waals surface area (Å²) in [6.07, 6.45) is 0. The Kier molecular flexibility index (Phi) is 3.51. The molecule has 4 heteroatoms. The number of aliphatic hydroxyl groups is 1. The third-order valence-electron chi connectivity index (χ3n) is 3.31. The van der Waals surface area contributed by atoms with Crippen LogP contribution in [-0.4, -0.2) is 15.1 Å². The number of aryl methyl sites for hydroxylation is 2. The van der Waals surface area contributed by atoms with E-state index < -0.39 is 0 Å². The summed E-state index contributed by atoms with van der Waals surface area (Å²) in [6, 6.07) is 12.3. The first-order valence-electron chi connectivity index (χ1n) is 6.50. The summed E-state index contributed by atoms with van der Waals surface area (Å²) in [5.74, 6) is 0. The van der Waals surface area contributed by atoms with Gasteiger partial charge in [-0.1, -0.05) is 23.9 Å². The van der Waals surface area contributed by atoms with E-state index in [9.17, 15) is 5.11 Å². The van der Waals surface area contributed by atoms with E-state index in [2.05, 4.69) is 35.1 Å². The second-order valence-corrected chi connectivity index (χ2v) is 5.97. The second kappa shape index (κ2) is 5.31. The van der Waals surface area contributed by atoms with Gasteiger partial charge in [-0.15, -0.1) is 0 Å². The van der Waals surface area contributed by atoms with Gasteiger partial charge in [0.2, 0.25) is 0 Å². The molecule has 0 aliphatic heterocycles. The van der Waals surface area contributed by atoms with Crippen molar-refractivity contribution in [3.05, 3.63) is 53.1 Å². The fourth-order valence-corrected chi connectivity index (χ4v) is 3.07. The van der Waals surface area contributed by atoms with Crippen LogP contribution in [0, 0.1) is 13.8 Å². The van der Waals surface area contributed by atoms with Crippen LogP contribution < -0.4 is 0 Å². The number of nitrogens with one attached hydrogen (secondary N) is 1. The minimum atomic E-state index is 0.0840. The molecular formula is C16H16N2OS. The minimum absolute atomic E-state index is 0.0840. The number of hydrogen-bond acceptors (Lipinski definition) is 3. The number of aromatic nitrogens is 2. The van der Waals surface area contributed by atoms with Crippen LogP contribution in [0.3, 0.4) is 0 Å². The summed E-state index contributed by atoms with van der Waals surface area (Å²) in [4.78, 5) is 9.04. The molecule has 0 unspecified atom stereocenters. The van der Waals surface area contributed by atoms with E-state index in [0.717, 1.165) is 32.2 Å². The average Bonchev–Trinajstić information content (AvgIpc) is 2.80. The summed E-state index contributed by atoms with van der Waals surface area (Å²) < 4.78 is 0. The molecule has 0 atom stereocenters. The van der Waals surface area contributed by atoms with Gasteiger partial charge in [0.05, 0.1) is 17.6 Å². The smallest absolute Gasteiger partial charge is 0.171 e. The maximum Gasteiger partial charge on any atom is 0.171 e. The van der Waals surface area contributed by atoms with Gasteiger partial charge in [-0.2, -0.15) is 0 Å². The van der Waals surface area contributed by atoms with Crippen LogP contribution >= 0.6 is 11.8 Å². The Labute approximate surface area is 122 Å². The molecule has 0 saturated carbocycles. The summed E-state index contributed by atoms with van der Waals surface area (Å²) in [6.45, 7) is 4.17. The lowest BCUT2D eigenvalue weighted by molar-refractivity contribution is 0.281. The van der Waals surface area contributed by atoms with Gasteiger partial charge in [-0.05, 0) is 54.8 Å². The molecule has 0 bridgehead atoms. The van der Waals surface area contributed by atoms with Gasteiger partial charge < -0.3 is 10.1 Å². The molecule has 3 aromatic rings. The third kappa shape index (κ3) is 2.57. The molecule has 0 aliphatic rings. The zero-order chi connectivity index (χ0) is 14.1. The van der Waals surface area contributed by atoms with Gasteiger partial charge >= 0.3 is 0 Å². The van der Waals surface area contributed by atoms with Crippen LogP contribution in [0.15, 0.2) is 46.5 Å². The number of fused-ring (bicyclic) bond motifs is 1. The van der Waals surface area contributed by atoms with Crippen molar-refractivity contribution in [3.8, 4) is 0 Å². The van der Waals surface area contributed by atoms with Crippen molar-refractivity contribution < 1.29 is 5.11 Å². The average molecular weight is 284 g/mol. The lowest BCUT2D eigenvalue weighted by Crippen LogP contribution is -1.88. The molecule has 0 radical (unpaired) electrons. The van der Waals surface area contributed by atoms with Crippen LogP contribution in [0.2, 0.25) is 0 Å². The van der Waals surface area contributed by atoms with E-state index in [1.807, 2.05) is 25.1 Å². The molecule has 2 aromatic carbocycles. The summed E-state index contributed by atoms with van der Waals surface area (Å²) in [5.41, 5.74) is 5.35. The maximum atomic E-state index is 9.19. The molecule has 0 spiro atoms. The van der Waals surface area contributed by atoms with Crippen LogP contribution in [0.25, 0.3) is 11.0 Å². The first-order valence-corrected chi connectivity index (χ1v) is 7.32. The van der Waals surface area contributed by atoms with Crippen molar-refractivity contribution in [2.75, 3.05) is 0 Å². The highest BCUT2D eigenvalue weighted by molar-refractivity contribution is 7.99. The lowest BCUT2D eigenvalue weighted by atomic mass is 10.1. The predicted octanol–water partition coefficient (Wildman–Crippen LogP) is 3.82. The number of imidazole rings is 1. The zero-order valence-electron chi connectivity index (χ0n) is 11.5. The number of aliphatic hydroxyl groups excluding tert-OH is 1. The van der Waals surface area contributed by atoms with Crippen molar-refractivity contribution in [3.63, 3.8) is 0 Å². The normalized spacial score (nSPS) is 11.2. The highest BCUT2D eigenvalue weighted by atomic mass is 32.2. The molecule has 20 heavy (non-hydrogen) atoms. The number of H-pyrrole nitrogens is 1. The third-order valence-corrected chi connectivity index (χ3v) is 4.19. The maximum absolute atomic E-state index is 9.19. The number of rotatable bonds is 3. The molecule has 0 amide bonds. The van der Waals surface area contributed by atoms with Crippen LogP contribution in [0.1, 0.15) is 16.7 Å². The molecule has 3 rings (SSSR count). The van der Waals surface area contributed by atoms with Gasteiger partial charge in [0.1, 0.15) is 0 Å². The van der Waals surface area contributed by atoms with E-state index in [-0.39, 0.29) is 6.61 Å². The monoisotopic (exact) mass is 284 g/mol. The van der Waals surface area contributed by atoms with Crippen LogP contribution in [0.5, 0.6) is 0 Å². The molecule has 1 heterocycles. The number of nitrogens with zero attached hydrogens (tertiary/aromatic N) is 1. The van der Waals surface area contributed by atoms with Crippen molar-refractivity contribution in [2.24, 2.45) is 0 Å². The largest absolute Gasteiger partial charge is 0.392 e. The Morgan fingerprint density at radius 1 is 1.15 bits per heavy atom. The van der Waals surface area contributed by atoms with Crippen molar-refractivity contribution in [1.82, 2.24) is 9.97 Å². The van der Waals surface area contributed by atoms with E-state index in [1.165, 1.54) is 5.56 Å². The lowest BCUT2D eigenvalue weighted by Gasteiger charge is -2.04. The standard InChI is InChI=1S/C16H16N2OS/c1-10-3-6-14-15(7-10)18-16(17-14)20-13-5-4-12(9-19)11(2)8-13/h3-8,19H,9H2,1-2H3,(H,17,18). The summed E-state index contributed by atoms with van der Waals surface area (Å²) in [5, 5.41) is 10.1. The Hall–Kier alpha value is -1.78. The first-order chi connectivity index (χ1) is 9.65. The van der Waals surface area contributed by atoms with E-state index in [4.69, 9.17) is 0 Å². The second-order valence-electron chi connectivity index (χ2n) is 4.91. The predicted molar refractivity (Wildman–Crippen MR) is 82.1 cm³/mol. The SMILES string of the molecule is Cc1ccc2nc(Sc3ccc(CO)c(C)c3)[nH]c2c1. The molecule has 1 aromatic heterocycles. The summed E-state index contributed by atoms with van der Waals surface area (Å²) >= 11 is 1.60. The van der Waals surface area contributed by atoms with Crippen molar-refractivity contribution in [1.29, 1.82) is 0 Å². The van der Waals surface area contributed by atoms with Crippen LogP contribution in [0.4, 0.5) is 0 Å². The van der Waals surface area contributed by atoms with Gasteiger partial charge in [0.25, 0.3) is 0 Å². The van der Waals surface area contributed by atoms with E-state index in [1.54, 1.807) is 11.8 Å². The molecule has 2 N–H and O–H groups in total. The quantitative estimate of drug-likeness (QED) is 0.768. The Morgan fingerprint density at radius 3 is 2.75 bits per heavy atom. The molecular weight excluding hydrogens is 268 g/mol. The number of hydrogen-bond donors (Lipinski definition) is 2. The van der Waals surface area contributed by atoms with Crippen LogP contribution in [-0.2, 0) is 6.61 Å². The zero-order valence-corrected chi connectivity index (χ0v) is 12.3. The molecule has 0 fully saturated rings. The summed E-state index contributed by atoms with van der Waals surface area (Å²) in [7, 11) is 0. The van der Waals surface area contributed by atoms with Crippen molar-refractivity contribution in [2.45, 2.75) is 30.5 Å². The fraction of sp³-hybridized carbons (Fsp3) is 0.188.